The number of nitrogens with one attached hydrogen (secondary N) is 1. The Balaban J connectivity index is 1.46. The van der Waals surface area contributed by atoms with E-state index in [9.17, 15) is 4.79 Å². The summed E-state index contributed by atoms with van der Waals surface area (Å²) >= 11 is 0. The standard InChI is InChI=1S/C16H24N4O/c1-12-15(18-9-8-17-12)6-7-19-16(21)20-10-13-4-2-3-5-14(13)11-20/h8-9,13-14H,2-7,10-11H2,1H3,(H,19,21). The molecule has 0 spiro atoms. The van der Waals surface area contributed by atoms with Crippen LogP contribution in [0.2, 0.25) is 0 Å². The largest absolute Gasteiger partial charge is 0.338 e. The van der Waals surface area contributed by atoms with Gasteiger partial charge in [-0.05, 0) is 31.6 Å². The Morgan fingerprint density at radius 1 is 1.24 bits per heavy atom. The van der Waals surface area contributed by atoms with Crippen molar-refractivity contribution in [3.05, 3.63) is 23.8 Å². The zero-order valence-corrected chi connectivity index (χ0v) is 12.7. The second-order valence-electron chi connectivity index (χ2n) is 6.28. The molecule has 21 heavy (non-hydrogen) atoms. The highest BCUT2D eigenvalue weighted by Gasteiger charge is 2.36. The molecular formula is C16H24N4O. The Labute approximate surface area is 126 Å². The molecule has 2 amide bonds. The third-order valence-corrected chi connectivity index (χ3v) is 4.88. The second kappa shape index (κ2) is 6.41. The van der Waals surface area contributed by atoms with Gasteiger partial charge in [0.25, 0.3) is 0 Å². The number of fused-ring (bicyclic) bond motifs is 1. The Bertz CT molecular complexity index is 491. The van der Waals surface area contributed by atoms with Crippen LogP contribution in [0.25, 0.3) is 0 Å². The maximum atomic E-state index is 12.2. The summed E-state index contributed by atoms with van der Waals surface area (Å²) in [5, 5.41) is 3.03. The maximum absolute atomic E-state index is 12.2. The number of amides is 2. The molecule has 5 nitrogen and oxygen atoms in total. The molecule has 2 fully saturated rings. The molecule has 1 saturated heterocycles. The van der Waals surface area contributed by atoms with E-state index in [-0.39, 0.29) is 6.03 Å². The fraction of sp³-hybridized carbons (Fsp3) is 0.688. The van der Waals surface area contributed by atoms with Crippen molar-refractivity contribution < 1.29 is 4.79 Å². The number of urea groups is 1. The molecule has 0 bridgehead atoms. The lowest BCUT2D eigenvalue weighted by atomic mass is 9.82. The van der Waals surface area contributed by atoms with E-state index >= 15 is 0 Å². The predicted octanol–water partition coefficient (Wildman–Crippen LogP) is 2.16. The second-order valence-corrected chi connectivity index (χ2v) is 6.28. The Morgan fingerprint density at radius 2 is 1.90 bits per heavy atom. The van der Waals surface area contributed by atoms with E-state index in [2.05, 4.69) is 15.3 Å². The minimum Gasteiger partial charge on any atom is -0.338 e. The maximum Gasteiger partial charge on any atom is 0.317 e. The molecule has 114 valence electrons. The van der Waals surface area contributed by atoms with Crippen molar-refractivity contribution in [2.45, 2.75) is 39.0 Å². The normalized spacial score (nSPS) is 24.7. The fourth-order valence-electron chi connectivity index (χ4n) is 3.65. The Morgan fingerprint density at radius 3 is 2.57 bits per heavy atom. The van der Waals surface area contributed by atoms with Gasteiger partial charge in [-0.2, -0.15) is 0 Å². The van der Waals surface area contributed by atoms with Gasteiger partial charge in [0.1, 0.15) is 0 Å². The lowest BCUT2D eigenvalue weighted by Crippen LogP contribution is -2.39. The molecule has 3 rings (SSSR count). The van der Waals surface area contributed by atoms with E-state index in [4.69, 9.17) is 0 Å². The first-order valence-electron chi connectivity index (χ1n) is 8.03. The van der Waals surface area contributed by atoms with Crippen LogP contribution in [0, 0.1) is 18.8 Å². The third kappa shape index (κ3) is 3.34. The van der Waals surface area contributed by atoms with Gasteiger partial charge in [-0.1, -0.05) is 12.8 Å². The fourth-order valence-corrected chi connectivity index (χ4v) is 3.65. The summed E-state index contributed by atoms with van der Waals surface area (Å²) in [6.07, 6.45) is 9.41. The monoisotopic (exact) mass is 288 g/mol. The van der Waals surface area contributed by atoms with Crippen LogP contribution in [0.1, 0.15) is 37.1 Å². The number of hydrogen-bond acceptors (Lipinski definition) is 3. The first kappa shape index (κ1) is 14.3. The van der Waals surface area contributed by atoms with Crippen LogP contribution in [0.4, 0.5) is 4.79 Å². The summed E-state index contributed by atoms with van der Waals surface area (Å²) in [6.45, 7) is 4.47. The minimum atomic E-state index is 0.0888. The highest BCUT2D eigenvalue weighted by atomic mass is 16.2. The van der Waals surface area contributed by atoms with Gasteiger partial charge in [-0.15, -0.1) is 0 Å². The van der Waals surface area contributed by atoms with E-state index in [1.54, 1.807) is 12.4 Å². The van der Waals surface area contributed by atoms with Gasteiger partial charge in [0.05, 0.1) is 11.4 Å². The molecule has 1 N–H and O–H groups in total. The van der Waals surface area contributed by atoms with Crippen LogP contribution in [0.15, 0.2) is 12.4 Å². The minimum absolute atomic E-state index is 0.0888. The van der Waals surface area contributed by atoms with Gasteiger partial charge in [0.2, 0.25) is 0 Å². The number of carbonyl (C=O) groups is 1. The molecule has 2 aliphatic rings. The summed E-state index contributed by atoms with van der Waals surface area (Å²) in [5.41, 5.74) is 1.91. The van der Waals surface area contributed by atoms with E-state index in [1.807, 2.05) is 11.8 Å². The number of nitrogens with zero attached hydrogens (tertiary/aromatic N) is 3. The van der Waals surface area contributed by atoms with E-state index in [1.165, 1.54) is 25.7 Å². The summed E-state index contributed by atoms with van der Waals surface area (Å²) in [4.78, 5) is 22.8. The molecule has 1 aromatic rings. The Hall–Kier alpha value is -1.65. The van der Waals surface area contributed by atoms with Gasteiger partial charge >= 0.3 is 6.03 Å². The first-order chi connectivity index (χ1) is 10.2. The molecule has 0 aromatic carbocycles. The van der Waals surface area contributed by atoms with Crippen molar-refractivity contribution in [2.24, 2.45) is 11.8 Å². The van der Waals surface area contributed by atoms with Gasteiger partial charge in [-0.25, -0.2) is 4.79 Å². The lowest BCUT2D eigenvalue weighted by Gasteiger charge is -2.22. The average molecular weight is 288 g/mol. The number of likely N-dealkylation sites (tertiary alicyclic amines) is 1. The molecular weight excluding hydrogens is 264 g/mol. The topological polar surface area (TPSA) is 58.1 Å². The summed E-state index contributed by atoms with van der Waals surface area (Å²) < 4.78 is 0. The van der Waals surface area contributed by atoms with Crippen molar-refractivity contribution in [3.63, 3.8) is 0 Å². The highest BCUT2D eigenvalue weighted by Crippen LogP contribution is 2.35. The highest BCUT2D eigenvalue weighted by molar-refractivity contribution is 5.74. The number of aryl methyl sites for hydroxylation is 1. The molecule has 0 radical (unpaired) electrons. The summed E-state index contributed by atoms with van der Waals surface area (Å²) in [7, 11) is 0. The van der Waals surface area contributed by atoms with Crippen molar-refractivity contribution in [1.82, 2.24) is 20.2 Å². The zero-order chi connectivity index (χ0) is 14.7. The quantitative estimate of drug-likeness (QED) is 0.927. The van der Waals surface area contributed by atoms with Crippen molar-refractivity contribution in [1.29, 1.82) is 0 Å². The number of rotatable bonds is 3. The van der Waals surface area contributed by atoms with Crippen LogP contribution in [-0.4, -0.2) is 40.5 Å². The SMILES string of the molecule is Cc1nccnc1CCNC(=O)N1CC2CCCCC2C1. The number of aromatic nitrogens is 2. The van der Waals surface area contributed by atoms with E-state index in [0.717, 1.165) is 42.7 Å². The number of carbonyl (C=O) groups excluding carboxylic acids is 1. The molecule has 1 aromatic heterocycles. The van der Waals surface area contributed by atoms with Crippen LogP contribution >= 0.6 is 0 Å². The number of hydrogen-bond donors (Lipinski definition) is 1. The van der Waals surface area contributed by atoms with Crippen molar-refractivity contribution in [3.8, 4) is 0 Å². The molecule has 1 aliphatic carbocycles. The Kier molecular flexibility index (Phi) is 4.36. The van der Waals surface area contributed by atoms with Crippen LogP contribution in [0.3, 0.4) is 0 Å². The van der Waals surface area contributed by atoms with Crippen molar-refractivity contribution >= 4 is 6.03 Å². The molecule has 1 saturated carbocycles. The molecule has 2 unspecified atom stereocenters. The molecule has 1 aliphatic heterocycles. The van der Waals surface area contributed by atoms with E-state index < -0.39 is 0 Å². The van der Waals surface area contributed by atoms with Gasteiger partial charge in [0, 0.05) is 38.4 Å². The zero-order valence-electron chi connectivity index (χ0n) is 12.7. The smallest absolute Gasteiger partial charge is 0.317 e. The van der Waals surface area contributed by atoms with Crippen LogP contribution in [-0.2, 0) is 6.42 Å². The molecule has 5 heteroatoms. The van der Waals surface area contributed by atoms with Gasteiger partial charge < -0.3 is 10.2 Å². The van der Waals surface area contributed by atoms with Crippen LogP contribution in [0.5, 0.6) is 0 Å². The van der Waals surface area contributed by atoms with E-state index in [0.29, 0.717) is 6.54 Å². The van der Waals surface area contributed by atoms with Crippen LogP contribution < -0.4 is 5.32 Å². The van der Waals surface area contributed by atoms with Gasteiger partial charge in [0.15, 0.2) is 0 Å². The average Bonchev–Trinajstić information content (AvgIpc) is 2.93. The molecule has 2 heterocycles. The van der Waals surface area contributed by atoms with Crippen molar-refractivity contribution in [2.75, 3.05) is 19.6 Å². The van der Waals surface area contributed by atoms with Gasteiger partial charge in [-0.3, -0.25) is 9.97 Å². The summed E-state index contributed by atoms with van der Waals surface area (Å²) in [5.74, 6) is 1.48. The summed E-state index contributed by atoms with van der Waals surface area (Å²) in [6, 6.07) is 0.0888. The predicted molar refractivity (Wildman–Crippen MR) is 80.9 cm³/mol. The lowest BCUT2D eigenvalue weighted by molar-refractivity contribution is 0.206. The molecule has 2 atom stereocenters. The third-order valence-electron chi connectivity index (χ3n) is 4.88. The first-order valence-corrected chi connectivity index (χ1v) is 8.03.